The van der Waals surface area contributed by atoms with Crippen molar-refractivity contribution in [3.63, 3.8) is 0 Å². The number of amides is 2. The molecule has 2 amide bonds. The van der Waals surface area contributed by atoms with Crippen molar-refractivity contribution in [1.29, 1.82) is 0 Å². The lowest BCUT2D eigenvalue weighted by atomic mass is 9.95. The first-order chi connectivity index (χ1) is 14.8. The molecule has 31 heavy (non-hydrogen) atoms. The molecule has 1 aromatic heterocycles. The van der Waals surface area contributed by atoms with Gasteiger partial charge < -0.3 is 16.0 Å². The van der Waals surface area contributed by atoms with Gasteiger partial charge in [0.25, 0.3) is 11.8 Å². The van der Waals surface area contributed by atoms with Crippen LogP contribution >= 0.6 is 11.3 Å². The molecule has 4 N–H and O–H groups in total. The Hall–Kier alpha value is -2.27. The first-order valence-corrected chi connectivity index (χ1v) is 12.7. The predicted molar refractivity (Wildman–Crippen MR) is 119 cm³/mol. The maximum absolute atomic E-state index is 13.0. The number of primary amides is 1. The van der Waals surface area contributed by atoms with Gasteiger partial charge in [-0.25, -0.2) is 8.42 Å². The number of rotatable bonds is 5. The average Bonchev–Trinajstić information content (AvgIpc) is 3.12. The van der Waals surface area contributed by atoms with Crippen LogP contribution in [0.15, 0.2) is 29.2 Å². The maximum atomic E-state index is 13.0. The molecule has 2 heterocycles. The van der Waals surface area contributed by atoms with Gasteiger partial charge in [0.05, 0.1) is 43.7 Å². The third kappa shape index (κ3) is 4.38. The second-order valence-electron chi connectivity index (χ2n) is 8.12. The van der Waals surface area contributed by atoms with E-state index in [0.717, 1.165) is 49.2 Å². The van der Waals surface area contributed by atoms with Crippen LogP contribution in [0, 0.1) is 0 Å². The molecule has 1 saturated heterocycles. The first kappa shape index (κ1) is 21.9. The molecule has 10 heteroatoms. The number of piperazine rings is 1. The Morgan fingerprint density at radius 1 is 1.16 bits per heavy atom. The molecule has 1 aliphatic carbocycles. The van der Waals surface area contributed by atoms with Gasteiger partial charge in [0, 0.05) is 10.4 Å². The van der Waals surface area contributed by atoms with Gasteiger partial charge in [-0.05, 0) is 49.4 Å². The molecule has 2 aliphatic rings. The van der Waals surface area contributed by atoms with Gasteiger partial charge >= 0.3 is 0 Å². The summed E-state index contributed by atoms with van der Waals surface area (Å²) in [5, 5.41) is 3.24. The highest BCUT2D eigenvalue weighted by atomic mass is 32.2. The van der Waals surface area contributed by atoms with Crippen LogP contribution in [0.1, 0.15) is 44.0 Å². The Balaban J connectivity index is 1.58. The lowest BCUT2D eigenvalue weighted by molar-refractivity contribution is -0.883. The van der Waals surface area contributed by atoms with Crippen LogP contribution in [0.2, 0.25) is 0 Å². The number of thiophene rings is 1. The van der Waals surface area contributed by atoms with Crippen molar-refractivity contribution in [3.05, 3.63) is 45.8 Å². The lowest BCUT2D eigenvalue weighted by Crippen LogP contribution is -3.12. The molecule has 1 fully saturated rings. The summed E-state index contributed by atoms with van der Waals surface area (Å²) in [7, 11) is -1.63. The molecule has 0 saturated carbocycles. The molecule has 0 atom stereocenters. The van der Waals surface area contributed by atoms with Crippen molar-refractivity contribution in [3.8, 4) is 0 Å². The quantitative estimate of drug-likeness (QED) is 0.599. The summed E-state index contributed by atoms with van der Waals surface area (Å²) < 4.78 is 27.5. The number of fused-ring (bicyclic) bond motifs is 1. The van der Waals surface area contributed by atoms with Crippen LogP contribution in [-0.2, 0) is 22.9 Å². The molecular formula is C21H27N4O4S2+. The molecule has 8 nitrogen and oxygen atoms in total. The van der Waals surface area contributed by atoms with E-state index in [1.807, 2.05) is 7.05 Å². The van der Waals surface area contributed by atoms with Crippen LogP contribution < -0.4 is 16.0 Å². The zero-order chi connectivity index (χ0) is 22.2. The van der Waals surface area contributed by atoms with E-state index in [-0.39, 0.29) is 10.5 Å². The van der Waals surface area contributed by atoms with Gasteiger partial charge in [-0.2, -0.15) is 4.31 Å². The highest BCUT2D eigenvalue weighted by molar-refractivity contribution is 7.89. The number of benzene rings is 1. The Labute approximate surface area is 186 Å². The van der Waals surface area contributed by atoms with Crippen LogP contribution in [0.5, 0.6) is 0 Å². The number of nitrogens with zero attached hydrogens (tertiary/aromatic N) is 1. The van der Waals surface area contributed by atoms with Gasteiger partial charge in [0.1, 0.15) is 5.00 Å². The van der Waals surface area contributed by atoms with Gasteiger partial charge in [0.15, 0.2) is 0 Å². The first-order valence-electron chi connectivity index (χ1n) is 10.4. The van der Waals surface area contributed by atoms with Crippen molar-refractivity contribution in [1.82, 2.24) is 4.31 Å². The number of hydrogen-bond donors (Lipinski definition) is 3. The van der Waals surface area contributed by atoms with E-state index in [1.54, 1.807) is 12.1 Å². The Morgan fingerprint density at radius 2 is 1.87 bits per heavy atom. The van der Waals surface area contributed by atoms with E-state index in [4.69, 9.17) is 5.73 Å². The fourth-order valence-electron chi connectivity index (χ4n) is 4.15. The number of hydrogen-bond acceptors (Lipinski definition) is 5. The van der Waals surface area contributed by atoms with Crippen molar-refractivity contribution < 1.29 is 22.9 Å². The highest BCUT2D eigenvalue weighted by Gasteiger charge is 2.30. The molecule has 0 unspecified atom stereocenters. The Bertz CT molecular complexity index is 1120. The fraction of sp³-hybridized carbons (Fsp3) is 0.429. The van der Waals surface area contributed by atoms with E-state index < -0.39 is 21.8 Å². The van der Waals surface area contributed by atoms with Gasteiger partial charge in [-0.1, -0.05) is 6.07 Å². The van der Waals surface area contributed by atoms with E-state index in [2.05, 4.69) is 5.32 Å². The second-order valence-corrected chi connectivity index (χ2v) is 11.2. The summed E-state index contributed by atoms with van der Waals surface area (Å²) in [6, 6.07) is 6.04. The number of nitrogens with one attached hydrogen (secondary N) is 2. The minimum Gasteiger partial charge on any atom is -0.365 e. The molecule has 1 aromatic carbocycles. The molecular weight excluding hydrogens is 436 g/mol. The number of nitrogens with two attached hydrogens (primary N) is 1. The van der Waals surface area contributed by atoms with Crippen LogP contribution in [0.25, 0.3) is 0 Å². The summed E-state index contributed by atoms with van der Waals surface area (Å²) in [5.41, 5.74) is 7.15. The van der Waals surface area contributed by atoms with E-state index in [9.17, 15) is 18.0 Å². The molecule has 0 spiro atoms. The number of likely N-dealkylation sites (N-methyl/N-ethyl adjacent to an activating group) is 1. The number of carbonyl (C=O) groups is 2. The third-order valence-corrected chi connectivity index (χ3v) is 9.06. The standard InChI is InChI=1S/C21H26N4O4S2/c1-24-9-11-25(12-10-24)31(28,29)15-6-4-5-14(13-15)20(27)23-21-18(19(22)26)16-7-2-3-8-17(16)30-21/h4-6,13H,2-3,7-12H2,1H3,(H2,22,26)(H,23,27)/p+1. The van der Waals surface area contributed by atoms with E-state index in [1.165, 1.54) is 32.7 Å². The summed E-state index contributed by atoms with van der Waals surface area (Å²) in [4.78, 5) is 27.5. The van der Waals surface area contributed by atoms with E-state index >= 15 is 0 Å². The summed E-state index contributed by atoms with van der Waals surface area (Å²) in [6.07, 6.45) is 3.69. The van der Waals surface area contributed by atoms with Crippen molar-refractivity contribution in [2.75, 3.05) is 38.5 Å². The zero-order valence-electron chi connectivity index (χ0n) is 17.4. The number of carbonyl (C=O) groups excluding carboxylic acids is 2. The van der Waals surface area contributed by atoms with Gasteiger partial charge in [-0.3, -0.25) is 9.59 Å². The summed E-state index contributed by atoms with van der Waals surface area (Å²) in [5.74, 6) is -1.01. The van der Waals surface area contributed by atoms with E-state index in [0.29, 0.717) is 23.7 Å². The van der Waals surface area contributed by atoms with Crippen LogP contribution in [-0.4, -0.2) is 57.8 Å². The van der Waals surface area contributed by atoms with Gasteiger partial charge in [0.2, 0.25) is 10.0 Å². The van der Waals surface area contributed by atoms with Gasteiger partial charge in [-0.15, -0.1) is 11.3 Å². The third-order valence-electron chi connectivity index (χ3n) is 5.95. The molecule has 2 aromatic rings. The highest BCUT2D eigenvalue weighted by Crippen LogP contribution is 2.38. The molecule has 4 rings (SSSR count). The number of anilines is 1. The Kier molecular flexibility index (Phi) is 6.16. The largest absolute Gasteiger partial charge is 0.365 e. The minimum atomic E-state index is -3.67. The molecule has 166 valence electrons. The second kappa shape index (κ2) is 8.70. The Morgan fingerprint density at radius 3 is 2.58 bits per heavy atom. The molecule has 0 radical (unpaired) electrons. The average molecular weight is 464 g/mol. The van der Waals surface area contributed by atoms with Crippen LogP contribution in [0.4, 0.5) is 5.00 Å². The van der Waals surface area contributed by atoms with Crippen molar-refractivity contribution in [2.24, 2.45) is 5.73 Å². The lowest BCUT2D eigenvalue weighted by Gasteiger charge is -2.29. The number of aryl methyl sites for hydroxylation is 1. The minimum absolute atomic E-state index is 0.0975. The SMILES string of the molecule is C[NH+]1CCN(S(=O)(=O)c2cccc(C(=O)Nc3sc4c(c3C(N)=O)CCCC4)c2)CC1. The fourth-order valence-corrected chi connectivity index (χ4v) is 6.92. The van der Waals surface area contributed by atoms with Crippen LogP contribution in [0.3, 0.4) is 0 Å². The van der Waals surface area contributed by atoms with Crippen molar-refractivity contribution in [2.45, 2.75) is 30.6 Å². The number of sulfonamides is 1. The smallest absolute Gasteiger partial charge is 0.256 e. The molecule has 0 bridgehead atoms. The summed E-state index contributed by atoms with van der Waals surface area (Å²) >= 11 is 1.38. The normalized spacial score (nSPS) is 17.8. The zero-order valence-corrected chi connectivity index (χ0v) is 19.1. The topological polar surface area (TPSA) is 114 Å². The van der Waals surface area contributed by atoms with Crippen molar-refractivity contribution >= 4 is 38.2 Å². The number of quaternary nitrogens is 1. The monoisotopic (exact) mass is 463 g/mol. The molecule has 1 aliphatic heterocycles. The predicted octanol–water partition coefficient (Wildman–Crippen LogP) is 0.497. The maximum Gasteiger partial charge on any atom is 0.256 e. The summed E-state index contributed by atoms with van der Waals surface area (Å²) in [6.45, 7) is 2.40.